The van der Waals surface area contributed by atoms with Gasteiger partial charge >= 0.3 is 0 Å². The Morgan fingerprint density at radius 3 is 3.31 bits per heavy atom. The van der Waals surface area contributed by atoms with E-state index in [2.05, 4.69) is 37.9 Å². The molecule has 1 atom stereocenters. The minimum absolute atomic E-state index is 0.000217. The van der Waals surface area contributed by atoms with Gasteiger partial charge in [0.2, 0.25) is 5.95 Å². The Morgan fingerprint density at radius 1 is 1.62 bits per heavy atom. The van der Waals surface area contributed by atoms with E-state index in [9.17, 15) is 4.79 Å². The second-order valence-corrected chi connectivity index (χ2v) is 4.55. The lowest BCUT2D eigenvalue weighted by Crippen LogP contribution is -2.24. The lowest BCUT2D eigenvalue weighted by atomic mass is 10.3. The van der Waals surface area contributed by atoms with Crippen LogP contribution >= 0.6 is 22.6 Å². The average Bonchev–Trinajstić information content (AvgIpc) is 2.72. The Kier molecular flexibility index (Phi) is 2.31. The van der Waals surface area contributed by atoms with Gasteiger partial charge in [-0.25, -0.2) is 4.98 Å². The van der Waals surface area contributed by atoms with Crippen LogP contribution < -0.4 is 10.9 Å². The Morgan fingerprint density at radius 2 is 2.50 bits per heavy atom. The monoisotopic (exact) mass is 328 g/mol. The molecule has 6 heteroatoms. The molecular formula is C10H9IN4O. The zero-order valence-corrected chi connectivity index (χ0v) is 10.5. The number of rotatable bonds is 1. The van der Waals surface area contributed by atoms with Crippen molar-refractivity contribution in [2.75, 3.05) is 16.3 Å². The highest BCUT2D eigenvalue weighted by Crippen LogP contribution is 2.21. The van der Waals surface area contributed by atoms with E-state index >= 15 is 0 Å². The molecule has 2 aromatic heterocycles. The van der Waals surface area contributed by atoms with Gasteiger partial charge in [-0.2, -0.15) is 4.98 Å². The number of halogens is 1. The van der Waals surface area contributed by atoms with Crippen LogP contribution in [0.25, 0.3) is 11.0 Å². The van der Waals surface area contributed by atoms with Crippen molar-refractivity contribution in [3.05, 3.63) is 28.7 Å². The fraction of sp³-hybridized carbons (Fsp3) is 0.300. The summed E-state index contributed by atoms with van der Waals surface area (Å²) in [6, 6.07) is 3.73. The lowest BCUT2D eigenvalue weighted by Gasteiger charge is -2.09. The highest BCUT2D eigenvalue weighted by Gasteiger charge is 2.24. The molecule has 0 bridgehead atoms. The highest BCUT2D eigenvalue weighted by atomic mass is 127. The fourth-order valence-corrected chi connectivity index (χ4v) is 2.63. The van der Waals surface area contributed by atoms with Gasteiger partial charge in [0, 0.05) is 17.2 Å². The molecule has 2 aromatic rings. The van der Waals surface area contributed by atoms with Crippen LogP contribution in [0.1, 0.15) is 6.04 Å². The van der Waals surface area contributed by atoms with Crippen molar-refractivity contribution in [1.82, 2.24) is 14.5 Å². The Hall–Kier alpha value is -1.18. The van der Waals surface area contributed by atoms with Gasteiger partial charge in [-0.15, -0.1) is 0 Å². The predicted molar refractivity (Wildman–Crippen MR) is 70.2 cm³/mol. The van der Waals surface area contributed by atoms with Crippen molar-refractivity contribution in [1.29, 1.82) is 0 Å². The van der Waals surface area contributed by atoms with E-state index in [1.807, 2.05) is 0 Å². The number of fused-ring (bicyclic) bond motifs is 2. The molecule has 0 radical (unpaired) electrons. The first-order valence-corrected chi connectivity index (χ1v) is 6.51. The lowest BCUT2D eigenvalue weighted by molar-refractivity contribution is 0.626. The maximum atomic E-state index is 12.2. The number of hydrogen-bond donors (Lipinski definition) is 1. The third-order valence-corrected chi connectivity index (χ3v) is 3.73. The largest absolute Gasteiger partial charge is 0.353 e. The first-order valence-electron chi connectivity index (χ1n) is 4.98. The molecule has 5 nitrogen and oxygen atoms in total. The first-order chi connectivity index (χ1) is 7.81. The van der Waals surface area contributed by atoms with Crippen molar-refractivity contribution < 1.29 is 0 Å². The van der Waals surface area contributed by atoms with Gasteiger partial charge < -0.3 is 5.32 Å². The van der Waals surface area contributed by atoms with Gasteiger partial charge in [-0.3, -0.25) is 9.36 Å². The molecule has 82 valence electrons. The number of nitrogens with zero attached hydrogens (tertiary/aromatic N) is 3. The standard InChI is InChI=1S/C10H9IN4O/c11-4-6-5-13-10-14-8-7(2-1-3-12-8)9(16)15(6)10/h1-3,6H,4-5H2,(H,12,13,14). The maximum absolute atomic E-state index is 12.2. The average molecular weight is 328 g/mol. The highest BCUT2D eigenvalue weighted by molar-refractivity contribution is 14.1. The van der Waals surface area contributed by atoms with Crippen molar-refractivity contribution in [2.45, 2.75) is 6.04 Å². The molecule has 0 fully saturated rings. The van der Waals surface area contributed by atoms with E-state index in [-0.39, 0.29) is 11.6 Å². The summed E-state index contributed by atoms with van der Waals surface area (Å²) in [5, 5.41) is 3.73. The third kappa shape index (κ3) is 1.32. The molecular weight excluding hydrogens is 319 g/mol. The van der Waals surface area contributed by atoms with Crippen molar-refractivity contribution >= 4 is 39.6 Å². The van der Waals surface area contributed by atoms with E-state index in [0.717, 1.165) is 11.0 Å². The SMILES string of the molecule is O=c1c2cccnc2nc2n1C(CI)CN2. The summed E-state index contributed by atoms with van der Waals surface area (Å²) in [6.45, 7) is 0.765. The normalized spacial score (nSPS) is 18.4. The summed E-state index contributed by atoms with van der Waals surface area (Å²) in [7, 11) is 0. The maximum Gasteiger partial charge on any atom is 0.264 e. The number of pyridine rings is 1. The summed E-state index contributed by atoms with van der Waals surface area (Å²) in [6.07, 6.45) is 1.65. The molecule has 1 aliphatic rings. The van der Waals surface area contributed by atoms with Crippen LogP contribution in [-0.4, -0.2) is 25.5 Å². The topological polar surface area (TPSA) is 59.8 Å². The zero-order chi connectivity index (χ0) is 11.1. The quantitative estimate of drug-likeness (QED) is 0.631. The van der Waals surface area contributed by atoms with Crippen molar-refractivity contribution in [2.24, 2.45) is 0 Å². The van der Waals surface area contributed by atoms with Crippen molar-refractivity contribution in [3.8, 4) is 0 Å². The molecule has 0 spiro atoms. The van der Waals surface area contributed by atoms with E-state index in [0.29, 0.717) is 17.0 Å². The third-order valence-electron chi connectivity index (χ3n) is 2.71. The second-order valence-electron chi connectivity index (χ2n) is 3.67. The summed E-state index contributed by atoms with van der Waals surface area (Å²) in [5.41, 5.74) is 0.514. The van der Waals surface area contributed by atoms with E-state index in [1.54, 1.807) is 22.9 Å². The van der Waals surface area contributed by atoms with Gasteiger partial charge in [0.15, 0.2) is 5.65 Å². The molecule has 1 unspecified atom stereocenters. The first kappa shape index (κ1) is 10.0. The minimum Gasteiger partial charge on any atom is -0.353 e. The molecule has 3 rings (SSSR count). The van der Waals surface area contributed by atoms with E-state index in [1.165, 1.54) is 0 Å². The molecule has 0 amide bonds. The molecule has 16 heavy (non-hydrogen) atoms. The van der Waals surface area contributed by atoms with Crippen LogP contribution in [0.4, 0.5) is 5.95 Å². The van der Waals surface area contributed by atoms with Gasteiger partial charge in [0.1, 0.15) is 0 Å². The number of aromatic nitrogens is 3. The van der Waals surface area contributed by atoms with Gasteiger partial charge in [0.05, 0.1) is 11.4 Å². The van der Waals surface area contributed by atoms with Gasteiger partial charge in [0.25, 0.3) is 5.56 Å². The minimum atomic E-state index is -0.000217. The number of alkyl halides is 1. The molecule has 1 N–H and O–H groups in total. The number of nitrogens with one attached hydrogen (secondary N) is 1. The molecule has 1 aliphatic heterocycles. The molecule has 0 aromatic carbocycles. The Labute approximate surface area is 105 Å². The molecule has 0 saturated carbocycles. The number of anilines is 1. The van der Waals surface area contributed by atoms with E-state index in [4.69, 9.17) is 0 Å². The van der Waals surface area contributed by atoms with Crippen molar-refractivity contribution in [3.63, 3.8) is 0 Å². The fourth-order valence-electron chi connectivity index (χ4n) is 1.92. The summed E-state index contributed by atoms with van der Waals surface area (Å²) in [5.74, 6) is 0.637. The van der Waals surface area contributed by atoms with Gasteiger partial charge in [-0.1, -0.05) is 22.6 Å². The number of hydrogen-bond acceptors (Lipinski definition) is 4. The predicted octanol–water partition coefficient (Wildman–Crippen LogP) is 1.19. The van der Waals surface area contributed by atoms with Crippen LogP contribution in [0, 0.1) is 0 Å². The Bertz CT molecular complexity index is 609. The van der Waals surface area contributed by atoms with Crippen LogP contribution in [0.3, 0.4) is 0 Å². The molecule has 0 saturated heterocycles. The smallest absolute Gasteiger partial charge is 0.264 e. The second kappa shape index (κ2) is 3.69. The van der Waals surface area contributed by atoms with Crippen LogP contribution in [0.5, 0.6) is 0 Å². The van der Waals surface area contributed by atoms with E-state index < -0.39 is 0 Å². The van der Waals surface area contributed by atoms with Gasteiger partial charge in [-0.05, 0) is 12.1 Å². The summed E-state index contributed by atoms with van der Waals surface area (Å²) < 4.78 is 2.63. The van der Waals surface area contributed by atoms with Crippen LogP contribution in [0.2, 0.25) is 0 Å². The summed E-state index contributed by atoms with van der Waals surface area (Å²) >= 11 is 2.28. The molecule has 0 aliphatic carbocycles. The summed E-state index contributed by atoms with van der Waals surface area (Å²) in [4.78, 5) is 20.7. The Balaban J connectivity index is 2.37. The van der Waals surface area contributed by atoms with Crippen LogP contribution in [-0.2, 0) is 0 Å². The van der Waals surface area contributed by atoms with Crippen LogP contribution in [0.15, 0.2) is 23.1 Å². The molecule has 3 heterocycles. The zero-order valence-electron chi connectivity index (χ0n) is 8.35.